The third-order valence-corrected chi connectivity index (χ3v) is 4.17. The molecule has 1 atom stereocenters. The Bertz CT molecular complexity index is 860. The van der Waals surface area contributed by atoms with Gasteiger partial charge in [-0.25, -0.2) is 4.79 Å². The van der Waals surface area contributed by atoms with E-state index in [4.69, 9.17) is 4.74 Å². The molecule has 28 heavy (non-hydrogen) atoms. The number of amides is 1. The number of hydrogen-bond donors (Lipinski definition) is 0. The van der Waals surface area contributed by atoms with Crippen molar-refractivity contribution in [1.29, 1.82) is 0 Å². The van der Waals surface area contributed by atoms with Gasteiger partial charge in [0.2, 0.25) is 6.10 Å². The first kappa shape index (κ1) is 20.8. The molecule has 1 amide bonds. The molecule has 0 bridgehead atoms. The quantitative estimate of drug-likeness (QED) is 0.300. The summed E-state index contributed by atoms with van der Waals surface area (Å²) in [6, 6.07) is 14.8. The minimum atomic E-state index is -1.08. The number of nitrogens with zero attached hydrogens (tertiary/aromatic N) is 2. The van der Waals surface area contributed by atoms with Gasteiger partial charge in [0.15, 0.2) is 0 Å². The standard InChI is InChI=1S/C21H22N2O5/c1-3-22(4-2)21(25)20(17-11-6-5-7-12-17)28-19(24)15-14-16-10-8-9-13-18(16)23(26)27/h5-15,20H,3-4H2,1-2H3/b15-14+/t20-/m0/s1. The normalized spacial score (nSPS) is 11.8. The van der Waals surface area contributed by atoms with Crippen LogP contribution in [0.5, 0.6) is 0 Å². The van der Waals surface area contributed by atoms with Crippen LogP contribution in [0, 0.1) is 10.1 Å². The van der Waals surface area contributed by atoms with Crippen molar-refractivity contribution >= 4 is 23.6 Å². The van der Waals surface area contributed by atoms with E-state index >= 15 is 0 Å². The maximum atomic E-state index is 12.8. The van der Waals surface area contributed by atoms with Gasteiger partial charge >= 0.3 is 5.97 Å². The fourth-order valence-corrected chi connectivity index (χ4v) is 2.70. The van der Waals surface area contributed by atoms with Gasteiger partial charge in [0.05, 0.1) is 10.5 Å². The highest BCUT2D eigenvalue weighted by atomic mass is 16.6. The van der Waals surface area contributed by atoms with E-state index in [-0.39, 0.29) is 17.2 Å². The summed E-state index contributed by atoms with van der Waals surface area (Å²) in [5, 5.41) is 11.1. The average molecular weight is 382 g/mol. The van der Waals surface area contributed by atoms with E-state index in [9.17, 15) is 19.7 Å². The third kappa shape index (κ3) is 5.26. The molecule has 0 saturated heterocycles. The van der Waals surface area contributed by atoms with E-state index in [0.29, 0.717) is 18.7 Å². The molecule has 2 aromatic carbocycles. The van der Waals surface area contributed by atoms with Crippen molar-refractivity contribution in [1.82, 2.24) is 4.90 Å². The molecule has 0 aliphatic rings. The van der Waals surface area contributed by atoms with Gasteiger partial charge in [0.25, 0.3) is 11.6 Å². The van der Waals surface area contributed by atoms with Crippen molar-refractivity contribution in [2.24, 2.45) is 0 Å². The lowest BCUT2D eigenvalue weighted by atomic mass is 10.1. The molecule has 2 rings (SSSR count). The molecular formula is C21H22N2O5. The number of carbonyl (C=O) groups is 2. The summed E-state index contributed by atoms with van der Waals surface area (Å²) in [4.78, 5) is 37.2. The lowest BCUT2D eigenvalue weighted by Gasteiger charge is -2.25. The second kappa shape index (κ2) is 10.0. The van der Waals surface area contributed by atoms with Crippen molar-refractivity contribution in [2.75, 3.05) is 13.1 Å². The predicted molar refractivity (Wildman–Crippen MR) is 105 cm³/mol. The molecule has 7 nitrogen and oxygen atoms in total. The van der Waals surface area contributed by atoms with Crippen LogP contribution < -0.4 is 0 Å². The SMILES string of the molecule is CCN(CC)C(=O)[C@@H](OC(=O)/C=C/c1ccccc1[N+](=O)[O-])c1ccccc1. The maximum absolute atomic E-state index is 12.8. The minimum absolute atomic E-state index is 0.120. The van der Waals surface area contributed by atoms with Crippen LogP contribution in [0.4, 0.5) is 5.69 Å². The summed E-state index contributed by atoms with van der Waals surface area (Å²) >= 11 is 0. The summed E-state index contributed by atoms with van der Waals surface area (Å²) < 4.78 is 5.42. The molecule has 7 heteroatoms. The highest BCUT2D eigenvalue weighted by Gasteiger charge is 2.27. The summed E-state index contributed by atoms with van der Waals surface area (Å²) in [6.07, 6.45) is 1.32. The summed E-state index contributed by atoms with van der Waals surface area (Å²) in [5.74, 6) is -1.07. The lowest BCUT2D eigenvalue weighted by molar-refractivity contribution is -0.385. The van der Waals surface area contributed by atoms with Crippen LogP contribution in [0.3, 0.4) is 0 Å². The van der Waals surface area contributed by atoms with Crippen molar-refractivity contribution in [3.63, 3.8) is 0 Å². The van der Waals surface area contributed by atoms with Gasteiger partial charge in [0.1, 0.15) is 0 Å². The Labute approximate surface area is 163 Å². The largest absolute Gasteiger partial charge is 0.444 e. The van der Waals surface area contributed by atoms with Crippen molar-refractivity contribution < 1.29 is 19.2 Å². The molecule has 2 aromatic rings. The van der Waals surface area contributed by atoms with Gasteiger partial charge < -0.3 is 9.64 Å². The Morgan fingerprint density at radius 2 is 1.68 bits per heavy atom. The Balaban J connectivity index is 2.23. The van der Waals surface area contributed by atoms with Crippen LogP contribution in [0.2, 0.25) is 0 Å². The molecule has 146 valence electrons. The van der Waals surface area contributed by atoms with Crippen LogP contribution in [0.1, 0.15) is 31.1 Å². The molecule has 0 fully saturated rings. The average Bonchev–Trinajstić information content (AvgIpc) is 2.72. The van der Waals surface area contributed by atoms with Gasteiger partial charge in [0, 0.05) is 30.8 Å². The topological polar surface area (TPSA) is 89.8 Å². The smallest absolute Gasteiger partial charge is 0.331 e. The van der Waals surface area contributed by atoms with Gasteiger partial charge in [-0.05, 0) is 26.0 Å². The molecule has 0 heterocycles. The summed E-state index contributed by atoms with van der Waals surface area (Å²) in [5.41, 5.74) is 0.716. The van der Waals surface area contributed by atoms with Crippen LogP contribution in [0.25, 0.3) is 6.08 Å². The van der Waals surface area contributed by atoms with E-state index in [1.165, 1.54) is 18.2 Å². The monoisotopic (exact) mass is 382 g/mol. The number of hydrogen-bond acceptors (Lipinski definition) is 5. The second-order valence-corrected chi connectivity index (χ2v) is 5.89. The molecular weight excluding hydrogens is 360 g/mol. The zero-order chi connectivity index (χ0) is 20.5. The number of ether oxygens (including phenoxy) is 1. The number of nitro groups is 1. The van der Waals surface area contributed by atoms with Crippen LogP contribution in [-0.2, 0) is 14.3 Å². The molecule has 0 aliphatic carbocycles. The van der Waals surface area contributed by atoms with Crippen LogP contribution >= 0.6 is 0 Å². The van der Waals surface area contributed by atoms with Gasteiger partial charge in [-0.1, -0.05) is 42.5 Å². The second-order valence-electron chi connectivity index (χ2n) is 5.89. The van der Waals surface area contributed by atoms with Crippen molar-refractivity contribution in [3.05, 3.63) is 81.9 Å². The zero-order valence-corrected chi connectivity index (χ0v) is 15.8. The third-order valence-electron chi connectivity index (χ3n) is 4.17. The number of carbonyl (C=O) groups excluding carboxylic acids is 2. The van der Waals surface area contributed by atoms with Crippen molar-refractivity contribution in [3.8, 4) is 0 Å². The number of likely N-dealkylation sites (N-methyl/N-ethyl adjacent to an activating group) is 1. The van der Waals surface area contributed by atoms with E-state index in [2.05, 4.69) is 0 Å². The first-order valence-electron chi connectivity index (χ1n) is 8.93. The highest BCUT2D eigenvalue weighted by Crippen LogP contribution is 2.22. The maximum Gasteiger partial charge on any atom is 0.331 e. The Morgan fingerprint density at radius 1 is 1.07 bits per heavy atom. The first-order valence-corrected chi connectivity index (χ1v) is 8.93. The molecule has 0 unspecified atom stereocenters. The highest BCUT2D eigenvalue weighted by molar-refractivity contribution is 5.91. The molecule has 0 radical (unpaired) electrons. The minimum Gasteiger partial charge on any atom is -0.444 e. The fraction of sp³-hybridized carbons (Fsp3) is 0.238. The van der Waals surface area contributed by atoms with Gasteiger partial charge in [-0.3, -0.25) is 14.9 Å². The van der Waals surface area contributed by atoms with Crippen LogP contribution in [0.15, 0.2) is 60.7 Å². The van der Waals surface area contributed by atoms with E-state index < -0.39 is 17.0 Å². The molecule has 0 aliphatic heterocycles. The number of esters is 1. The Hall–Kier alpha value is -3.48. The molecule has 0 saturated carbocycles. The Morgan fingerprint density at radius 3 is 2.29 bits per heavy atom. The van der Waals surface area contributed by atoms with Gasteiger partial charge in [-0.15, -0.1) is 0 Å². The van der Waals surface area contributed by atoms with E-state index in [1.807, 2.05) is 13.8 Å². The lowest BCUT2D eigenvalue weighted by Crippen LogP contribution is -2.36. The van der Waals surface area contributed by atoms with E-state index in [0.717, 1.165) is 6.08 Å². The van der Waals surface area contributed by atoms with E-state index in [1.54, 1.807) is 47.4 Å². The number of rotatable bonds is 8. The first-order chi connectivity index (χ1) is 13.5. The summed E-state index contributed by atoms with van der Waals surface area (Å²) in [6.45, 7) is 4.67. The fourth-order valence-electron chi connectivity index (χ4n) is 2.70. The number of nitro benzene ring substituents is 1. The Kier molecular flexibility index (Phi) is 7.45. The summed E-state index contributed by atoms with van der Waals surface area (Å²) in [7, 11) is 0. The predicted octanol–water partition coefficient (Wildman–Crippen LogP) is 3.76. The molecule has 0 spiro atoms. The zero-order valence-electron chi connectivity index (χ0n) is 15.8. The van der Waals surface area contributed by atoms with Crippen molar-refractivity contribution in [2.45, 2.75) is 20.0 Å². The molecule has 0 aromatic heterocycles. The van der Waals surface area contributed by atoms with Crippen LogP contribution in [-0.4, -0.2) is 34.8 Å². The number of para-hydroxylation sites is 1. The number of benzene rings is 2. The van der Waals surface area contributed by atoms with Gasteiger partial charge in [-0.2, -0.15) is 0 Å². The molecule has 0 N–H and O–H groups in total.